The molecule has 0 unspecified atom stereocenters. The lowest BCUT2D eigenvalue weighted by atomic mass is 10.0. The summed E-state index contributed by atoms with van der Waals surface area (Å²) in [4.78, 5) is 40.1. The van der Waals surface area contributed by atoms with E-state index in [-0.39, 0.29) is 48.4 Å². The Balaban J connectivity index is 1.67. The lowest BCUT2D eigenvalue weighted by Gasteiger charge is -2.28. The van der Waals surface area contributed by atoms with Crippen LogP contribution < -0.4 is 20.4 Å². The number of likely N-dealkylation sites (N-methyl/N-ethyl adjacent to an activating group) is 1. The number of nitrogens with zero attached hydrogens (tertiary/aromatic N) is 4. The van der Waals surface area contributed by atoms with Crippen LogP contribution in [-0.2, 0) is 22.2 Å². The minimum absolute atomic E-state index is 0.102. The fourth-order valence-electron chi connectivity index (χ4n) is 4.35. The third-order valence-corrected chi connectivity index (χ3v) is 6.48. The fraction of sp³-hybridized carbons (Fsp3) is 0.333. The molecule has 1 aliphatic heterocycles. The molecule has 0 aliphatic carbocycles. The van der Waals surface area contributed by atoms with E-state index in [9.17, 15) is 40.7 Å². The van der Waals surface area contributed by atoms with Gasteiger partial charge in [0.1, 0.15) is 5.69 Å². The maximum atomic E-state index is 13.9. The SMILES string of the molecule is CC(C)NCC(=O)N(C)c1ccc(N2CCc3c(C(F)(F)F)nn(-c4cccc(NC(=O)C(F)(F)F)c4)c3C2=O)cc1. The maximum Gasteiger partial charge on any atom is 0.471 e. The first-order valence-corrected chi connectivity index (χ1v) is 12.7. The number of alkyl halides is 6. The van der Waals surface area contributed by atoms with Gasteiger partial charge in [0.05, 0.1) is 12.2 Å². The van der Waals surface area contributed by atoms with Gasteiger partial charge >= 0.3 is 18.3 Å². The smallest absolute Gasteiger partial charge is 0.318 e. The zero-order valence-corrected chi connectivity index (χ0v) is 22.6. The summed E-state index contributed by atoms with van der Waals surface area (Å²) in [5.74, 6) is -3.29. The van der Waals surface area contributed by atoms with E-state index in [1.54, 1.807) is 36.6 Å². The van der Waals surface area contributed by atoms with E-state index in [2.05, 4.69) is 10.4 Å². The van der Waals surface area contributed by atoms with Gasteiger partial charge in [-0.1, -0.05) is 19.9 Å². The number of carbonyl (C=O) groups is 3. The van der Waals surface area contributed by atoms with Gasteiger partial charge in [-0.15, -0.1) is 0 Å². The Labute approximate surface area is 236 Å². The van der Waals surface area contributed by atoms with Crippen molar-refractivity contribution in [2.24, 2.45) is 0 Å². The molecule has 42 heavy (non-hydrogen) atoms. The van der Waals surface area contributed by atoms with Crippen molar-refractivity contribution in [1.29, 1.82) is 0 Å². The molecule has 1 aromatic heterocycles. The number of fused-ring (bicyclic) bond motifs is 1. The van der Waals surface area contributed by atoms with Crippen molar-refractivity contribution in [3.63, 3.8) is 0 Å². The van der Waals surface area contributed by atoms with Crippen molar-refractivity contribution in [1.82, 2.24) is 15.1 Å². The minimum atomic E-state index is -5.19. The van der Waals surface area contributed by atoms with Crippen LogP contribution in [0.3, 0.4) is 0 Å². The topological polar surface area (TPSA) is 99.6 Å². The van der Waals surface area contributed by atoms with Crippen LogP contribution in [0.2, 0.25) is 0 Å². The summed E-state index contributed by atoms with van der Waals surface area (Å²) < 4.78 is 80.6. The Morgan fingerprint density at radius 3 is 2.29 bits per heavy atom. The van der Waals surface area contributed by atoms with E-state index in [4.69, 9.17) is 0 Å². The molecule has 3 amide bonds. The quantitative estimate of drug-likeness (QED) is 0.390. The number of halogens is 6. The first kappa shape index (κ1) is 30.6. The lowest BCUT2D eigenvalue weighted by Crippen LogP contribution is -2.39. The molecule has 3 aromatic rings. The van der Waals surface area contributed by atoms with Crippen LogP contribution in [0.1, 0.15) is 35.6 Å². The van der Waals surface area contributed by atoms with E-state index in [0.29, 0.717) is 11.4 Å². The third-order valence-electron chi connectivity index (χ3n) is 6.48. The molecule has 0 radical (unpaired) electrons. The fourth-order valence-corrected chi connectivity index (χ4v) is 4.35. The summed E-state index contributed by atoms with van der Waals surface area (Å²) in [7, 11) is 1.58. The highest BCUT2D eigenvalue weighted by atomic mass is 19.4. The molecule has 2 heterocycles. The molecule has 0 bridgehead atoms. The third kappa shape index (κ3) is 6.40. The molecule has 0 saturated carbocycles. The summed E-state index contributed by atoms with van der Waals surface area (Å²) in [6.07, 6.45) is -10.3. The average molecular weight is 597 g/mol. The summed E-state index contributed by atoms with van der Waals surface area (Å²) in [5.41, 5.74) is -1.70. The lowest BCUT2D eigenvalue weighted by molar-refractivity contribution is -0.167. The number of hydrogen-bond acceptors (Lipinski definition) is 5. The Morgan fingerprint density at radius 1 is 1.02 bits per heavy atom. The minimum Gasteiger partial charge on any atom is -0.318 e. The van der Waals surface area contributed by atoms with Crippen molar-refractivity contribution < 1.29 is 40.7 Å². The molecule has 2 N–H and O–H groups in total. The largest absolute Gasteiger partial charge is 0.471 e. The van der Waals surface area contributed by atoms with Crippen molar-refractivity contribution >= 4 is 34.8 Å². The molecular formula is C27H26F6N6O3. The van der Waals surface area contributed by atoms with E-state index >= 15 is 0 Å². The van der Waals surface area contributed by atoms with Gasteiger partial charge < -0.3 is 20.4 Å². The Bertz CT molecular complexity index is 1500. The monoisotopic (exact) mass is 596 g/mol. The van der Waals surface area contributed by atoms with Gasteiger partial charge in [0.2, 0.25) is 5.91 Å². The summed E-state index contributed by atoms with van der Waals surface area (Å²) in [6, 6.07) is 11.0. The number of benzene rings is 2. The second-order valence-corrected chi connectivity index (χ2v) is 9.80. The van der Waals surface area contributed by atoms with Crippen LogP contribution in [0.25, 0.3) is 5.69 Å². The molecule has 9 nitrogen and oxygen atoms in total. The molecule has 15 heteroatoms. The number of amides is 3. The molecule has 1 aliphatic rings. The van der Waals surface area contributed by atoms with Crippen molar-refractivity contribution in [2.75, 3.05) is 35.3 Å². The number of carbonyl (C=O) groups excluding carboxylic acids is 3. The molecule has 4 rings (SSSR count). The molecular weight excluding hydrogens is 570 g/mol. The van der Waals surface area contributed by atoms with Gasteiger partial charge in [0, 0.05) is 42.3 Å². The van der Waals surface area contributed by atoms with Gasteiger partial charge in [-0.3, -0.25) is 14.4 Å². The molecule has 2 aromatic carbocycles. The highest BCUT2D eigenvalue weighted by Crippen LogP contribution is 2.37. The van der Waals surface area contributed by atoms with Crippen molar-refractivity contribution in [3.8, 4) is 5.69 Å². The highest BCUT2D eigenvalue weighted by Gasteiger charge is 2.43. The maximum absolute atomic E-state index is 13.9. The van der Waals surface area contributed by atoms with Crippen LogP contribution >= 0.6 is 0 Å². The summed E-state index contributed by atoms with van der Waals surface area (Å²) >= 11 is 0. The normalized spacial score (nSPS) is 13.8. The Morgan fingerprint density at radius 2 is 1.69 bits per heavy atom. The van der Waals surface area contributed by atoms with Gasteiger partial charge in [0.25, 0.3) is 5.91 Å². The molecule has 0 saturated heterocycles. The van der Waals surface area contributed by atoms with Crippen LogP contribution in [0.15, 0.2) is 48.5 Å². The number of hydrogen-bond donors (Lipinski definition) is 2. The standard InChI is InChI=1S/C27H26F6N6O3/c1-15(2)34-14-21(40)37(3)17-7-9-18(10-8-17)38-12-11-20-22(24(38)41)39(36-23(20)26(28,29)30)19-6-4-5-16(13-19)35-25(42)27(31,32)33/h4-10,13,15,34H,11-12,14H2,1-3H3,(H,35,42). The number of anilines is 3. The number of nitrogens with one attached hydrogen (secondary N) is 2. The van der Waals surface area contributed by atoms with Crippen LogP contribution in [0.5, 0.6) is 0 Å². The van der Waals surface area contributed by atoms with Crippen molar-refractivity contribution in [2.45, 2.75) is 38.7 Å². The number of rotatable bonds is 7. The van der Waals surface area contributed by atoms with E-state index in [0.717, 1.165) is 16.8 Å². The average Bonchev–Trinajstić information content (AvgIpc) is 3.33. The summed E-state index contributed by atoms with van der Waals surface area (Å²) in [5, 5.41) is 8.28. The molecule has 0 fully saturated rings. The summed E-state index contributed by atoms with van der Waals surface area (Å²) in [6.45, 7) is 3.80. The molecule has 224 valence electrons. The van der Waals surface area contributed by atoms with Gasteiger partial charge in [0.15, 0.2) is 5.69 Å². The van der Waals surface area contributed by atoms with E-state index in [1.165, 1.54) is 21.9 Å². The zero-order chi connectivity index (χ0) is 31.0. The van der Waals surface area contributed by atoms with Crippen LogP contribution in [0.4, 0.5) is 43.4 Å². The number of aromatic nitrogens is 2. The highest BCUT2D eigenvalue weighted by molar-refractivity contribution is 6.08. The predicted molar refractivity (Wildman–Crippen MR) is 142 cm³/mol. The van der Waals surface area contributed by atoms with Gasteiger partial charge in [-0.2, -0.15) is 31.4 Å². The second kappa shape index (κ2) is 11.5. The van der Waals surface area contributed by atoms with Crippen LogP contribution in [-0.4, -0.2) is 59.9 Å². The van der Waals surface area contributed by atoms with Gasteiger partial charge in [-0.25, -0.2) is 4.68 Å². The van der Waals surface area contributed by atoms with Gasteiger partial charge in [-0.05, 0) is 48.9 Å². The first-order chi connectivity index (χ1) is 19.6. The zero-order valence-electron chi connectivity index (χ0n) is 22.6. The van der Waals surface area contributed by atoms with E-state index < -0.39 is 35.6 Å². The Kier molecular flexibility index (Phi) is 8.34. The molecule has 0 spiro atoms. The van der Waals surface area contributed by atoms with Crippen molar-refractivity contribution in [3.05, 3.63) is 65.5 Å². The predicted octanol–water partition coefficient (Wildman–Crippen LogP) is 4.56. The Hall–Kier alpha value is -4.40. The first-order valence-electron chi connectivity index (χ1n) is 12.7. The molecule has 0 atom stereocenters. The second-order valence-electron chi connectivity index (χ2n) is 9.80. The van der Waals surface area contributed by atoms with E-state index in [1.807, 2.05) is 13.8 Å². The van der Waals surface area contributed by atoms with Crippen LogP contribution in [0, 0.1) is 0 Å².